The van der Waals surface area contributed by atoms with Gasteiger partial charge in [-0.25, -0.2) is 0 Å². The highest BCUT2D eigenvalue weighted by Gasteiger charge is 2.77. The van der Waals surface area contributed by atoms with Crippen molar-refractivity contribution in [2.24, 2.45) is 0 Å². The van der Waals surface area contributed by atoms with Gasteiger partial charge >= 0.3 is 0 Å². The fourth-order valence-electron chi connectivity index (χ4n) is 6.67. The van der Waals surface area contributed by atoms with Crippen molar-refractivity contribution in [2.45, 2.75) is 68.7 Å². The number of hydrogen-bond acceptors (Lipinski definition) is 3. The number of ether oxygens (including phenoxy) is 3. The maximum absolute atomic E-state index is 6.69. The van der Waals surface area contributed by atoms with Crippen LogP contribution in [0.1, 0.15) is 46.1 Å². The molecule has 4 heteroatoms. The highest BCUT2D eigenvalue weighted by atomic mass is 31.0. The van der Waals surface area contributed by atoms with E-state index < -0.39 is 11.6 Å². The van der Waals surface area contributed by atoms with Gasteiger partial charge in [0.2, 0.25) is 0 Å². The summed E-state index contributed by atoms with van der Waals surface area (Å²) in [7, 11) is 2.98. The molecule has 0 aliphatic carbocycles. The van der Waals surface area contributed by atoms with Crippen LogP contribution in [0.25, 0.3) is 11.1 Å². The number of benzene rings is 2. The lowest BCUT2D eigenvalue weighted by Crippen LogP contribution is -2.83. The minimum absolute atomic E-state index is 0.261. The van der Waals surface area contributed by atoms with Crippen LogP contribution in [0.3, 0.4) is 0 Å². The normalized spacial score (nSPS) is 44.0. The van der Waals surface area contributed by atoms with Crippen LogP contribution in [0.15, 0.2) is 54.6 Å². The van der Waals surface area contributed by atoms with E-state index >= 15 is 0 Å². The van der Waals surface area contributed by atoms with Crippen LogP contribution in [-0.4, -0.2) is 28.9 Å². The van der Waals surface area contributed by atoms with Crippen molar-refractivity contribution in [1.82, 2.24) is 0 Å². The molecule has 4 heterocycles. The molecule has 2 aromatic rings. The first-order chi connectivity index (χ1) is 13.2. The summed E-state index contributed by atoms with van der Waals surface area (Å²) in [5.74, 6) is -1.19. The van der Waals surface area contributed by atoms with Gasteiger partial charge in [0.05, 0.1) is 16.6 Å². The second kappa shape index (κ2) is 5.67. The van der Waals surface area contributed by atoms with Crippen LogP contribution in [-0.2, 0) is 19.6 Å². The van der Waals surface area contributed by atoms with E-state index in [1.165, 1.54) is 16.7 Å². The molecule has 148 valence electrons. The molecule has 4 saturated heterocycles. The molecule has 0 radical (unpaired) electrons. The molecule has 4 aliphatic heterocycles. The van der Waals surface area contributed by atoms with Gasteiger partial charge in [-0.3, -0.25) is 0 Å². The minimum Gasteiger partial charge on any atom is -0.343 e. The van der Waals surface area contributed by atoms with Gasteiger partial charge in [0.15, 0.2) is 11.6 Å². The molecular weight excluding hydrogens is 367 g/mol. The van der Waals surface area contributed by atoms with Crippen molar-refractivity contribution in [3.05, 3.63) is 60.2 Å². The van der Waals surface area contributed by atoms with Gasteiger partial charge in [0, 0.05) is 12.8 Å². The van der Waals surface area contributed by atoms with E-state index in [-0.39, 0.29) is 16.6 Å². The zero-order chi connectivity index (χ0) is 19.8. The monoisotopic (exact) mass is 396 g/mol. The second-order valence-corrected chi connectivity index (χ2v) is 9.85. The molecule has 4 bridgehead atoms. The molecule has 28 heavy (non-hydrogen) atoms. The molecule has 0 amide bonds. The molecule has 0 aromatic heterocycles. The van der Waals surface area contributed by atoms with Crippen molar-refractivity contribution in [1.29, 1.82) is 0 Å². The Morgan fingerprint density at radius 2 is 1.21 bits per heavy atom. The standard InChI is InChI=1S/C24H29O3P/c1-20-14-22(3)26-21(2,15-23(4,25-20)27-22)24(20,16-28)19-12-10-18(11-13-19)17-8-6-5-7-9-17/h5-13H,14-16,28H2,1-4H3. The average Bonchev–Trinajstić information content (AvgIpc) is 2.59. The predicted octanol–water partition coefficient (Wildman–Crippen LogP) is 5.29. The molecule has 5 unspecified atom stereocenters. The lowest BCUT2D eigenvalue weighted by atomic mass is 9.52. The van der Waals surface area contributed by atoms with E-state index in [0.717, 1.165) is 19.0 Å². The summed E-state index contributed by atoms with van der Waals surface area (Å²) in [6.07, 6.45) is 2.32. The number of hydrogen-bond donors (Lipinski definition) is 0. The Morgan fingerprint density at radius 3 is 1.71 bits per heavy atom. The third-order valence-corrected chi connectivity index (χ3v) is 7.84. The van der Waals surface area contributed by atoms with Gasteiger partial charge in [-0.1, -0.05) is 54.6 Å². The Balaban J connectivity index is 1.63. The van der Waals surface area contributed by atoms with Crippen molar-refractivity contribution >= 4 is 9.24 Å². The van der Waals surface area contributed by atoms with E-state index in [1.54, 1.807) is 0 Å². The lowest BCUT2D eigenvalue weighted by molar-refractivity contribution is -0.531. The van der Waals surface area contributed by atoms with Gasteiger partial charge in [-0.15, -0.1) is 9.24 Å². The molecule has 4 aliphatic rings. The molecular formula is C24H29O3P. The highest BCUT2D eigenvalue weighted by Crippen LogP contribution is 2.68. The minimum atomic E-state index is -0.595. The topological polar surface area (TPSA) is 27.7 Å². The van der Waals surface area contributed by atoms with Gasteiger partial charge in [-0.2, -0.15) is 0 Å². The number of rotatable bonds is 3. The summed E-state index contributed by atoms with van der Waals surface area (Å²) in [4.78, 5) is 0. The summed E-state index contributed by atoms with van der Waals surface area (Å²) >= 11 is 0. The second-order valence-electron chi connectivity index (χ2n) is 9.44. The van der Waals surface area contributed by atoms with Gasteiger partial charge in [0.25, 0.3) is 0 Å². The zero-order valence-electron chi connectivity index (χ0n) is 17.1. The molecule has 2 aromatic carbocycles. The first kappa shape index (κ1) is 18.8. The van der Waals surface area contributed by atoms with Crippen molar-refractivity contribution in [3.63, 3.8) is 0 Å². The summed E-state index contributed by atoms with van der Waals surface area (Å²) < 4.78 is 19.6. The molecule has 5 atom stereocenters. The van der Waals surface area contributed by atoms with E-state index in [9.17, 15) is 0 Å². The van der Waals surface area contributed by atoms with Crippen LogP contribution in [0, 0.1) is 0 Å². The largest absolute Gasteiger partial charge is 0.343 e. The van der Waals surface area contributed by atoms with Crippen LogP contribution in [0.2, 0.25) is 0 Å². The third-order valence-electron chi connectivity index (χ3n) is 7.23. The molecule has 0 spiro atoms. The summed E-state index contributed by atoms with van der Waals surface area (Å²) in [6, 6.07) is 19.5. The van der Waals surface area contributed by atoms with Crippen LogP contribution in [0.4, 0.5) is 0 Å². The fourth-order valence-corrected chi connectivity index (χ4v) is 7.77. The quantitative estimate of drug-likeness (QED) is 0.660. The van der Waals surface area contributed by atoms with Crippen LogP contribution in [0.5, 0.6) is 0 Å². The van der Waals surface area contributed by atoms with Gasteiger partial charge < -0.3 is 14.2 Å². The van der Waals surface area contributed by atoms with E-state index in [2.05, 4.69) is 91.5 Å². The average molecular weight is 396 g/mol. The fraction of sp³-hybridized carbons (Fsp3) is 0.500. The summed E-state index contributed by atoms with van der Waals surface area (Å²) in [6.45, 7) is 8.63. The Morgan fingerprint density at radius 1 is 0.714 bits per heavy atom. The first-order valence-corrected chi connectivity index (χ1v) is 10.9. The summed E-state index contributed by atoms with van der Waals surface area (Å²) in [5.41, 5.74) is 2.75. The molecule has 0 N–H and O–H groups in total. The van der Waals surface area contributed by atoms with Crippen molar-refractivity contribution in [2.75, 3.05) is 6.16 Å². The molecule has 6 rings (SSSR count). The lowest BCUT2D eigenvalue weighted by Gasteiger charge is -2.74. The Bertz CT molecular complexity index is 863. The molecule has 4 fully saturated rings. The molecule has 3 nitrogen and oxygen atoms in total. The van der Waals surface area contributed by atoms with E-state index in [1.807, 2.05) is 0 Å². The SMILES string of the molecule is CC12CC3(C)OC(C)(CC(C)(O1)C3(CP)c1ccc(-c3ccccc3)cc1)O2. The maximum Gasteiger partial charge on any atom is 0.172 e. The first-order valence-electron chi connectivity index (χ1n) is 10.1. The van der Waals surface area contributed by atoms with Crippen LogP contribution >= 0.6 is 9.24 Å². The maximum atomic E-state index is 6.69. The Kier molecular flexibility index (Phi) is 3.80. The Labute approximate surface area is 170 Å². The van der Waals surface area contributed by atoms with Gasteiger partial charge in [0.1, 0.15) is 0 Å². The van der Waals surface area contributed by atoms with Crippen molar-refractivity contribution in [3.8, 4) is 11.1 Å². The van der Waals surface area contributed by atoms with Gasteiger partial charge in [-0.05, 0) is 50.5 Å². The zero-order valence-corrected chi connectivity index (χ0v) is 18.3. The van der Waals surface area contributed by atoms with E-state index in [4.69, 9.17) is 14.2 Å². The third kappa shape index (κ3) is 2.31. The summed E-state index contributed by atoms with van der Waals surface area (Å²) in [5, 5.41) is 0. The predicted molar refractivity (Wildman–Crippen MR) is 114 cm³/mol. The highest BCUT2D eigenvalue weighted by molar-refractivity contribution is 7.16. The van der Waals surface area contributed by atoms with Crippen LogP contribution < -0.4 is 0 Å². The molecule has 0 saturated carbocycles. The van der Waals surface area contributed by atoms with Crippen molar-refractivity contribution < 1.29 is 14.2 Å². The van der Waals surface area contributed by atoms with E-state index in [0.29, 0.717) is 0 Å². The Hall–Kier alpha value is -1.25. The smallest absolute Gasteiger partial charge is 0.172 e.